The fourth-order valence-corrected chi connectivity index (χ4v) is 4.50. The lowest BCUT2D eigenvalue weighted by Gasteiger charge is -2.34. The Kier molecular flexibility index (Phi) is 7.19. The predicted octanol–water partition coefficient (Wildman–Crippen LogP) is 3.77. The number of halogens is 1. The third-order valence-electron chi connectivity index (χ3n) is 5.31. The van der Waals surface area contributed by atoms with E-state index in [9.17, 15) is 9.59 Å². The summed E-state index contributed by atoms with van der Waals surface area (Å²) in [6.45, 7) is 3.17. The number of aromatic nitrogens is 2. The van der Waals surface area contributed by atoms with Crippen LogP contribution >= 0.6 is 22.9 Å². The smallest absolute Gasteiger partial charge is 0.241 e. The van der Waals surface area contributed by atoms with E-state index in [0.717, 1.165) is 11.3 Å². The molecule has 2 aromatic heterocycles. The maximum absolute atomic E-state index is 12.5. The maximum Gasteiger partial charge on any atom is 0.241 e. The molecule has 3 heterocycles. The molecule has 1 fully saturated rings. The summed E-state index contributed by atoms with van der Waals surface area (Å²) in [7, 11) is 1.62. The minimum Gasteiger partial charge on any atom is -0.497 e. The van der Waals surface area contributed by atoms with E-state index in [1.165, 1.54) is 11.3 Å². The molecule has 3 aromatic rings. The van der Waals surface area contributed by atoms with E-state index >= 15 is 0 Å². The standard InChI is InChI=1S/C22H23ClN4O4S/c1-30-16-4-2-15(3-5-16)22-24-20(31-25-22)14-26-10-12-27(13-11-26)21(29)9-6-17(28)18-7-8-19(23)32-18/h2-5,7-8H,6,9-14H2,1H3. The number of piperazine rings is 1. The van der Waals surface area contributed by atoms with Gasteiger partial charge < -0.3 is 14.2 Å². The Bertz CT molecular complexity index is 1070. The van der Waals surface area contributed by atoms with Crippen molar-refractivity contribution in [3.8, 4) is 17.1 Å². The van der Waals surface area contributed by atoms with Crippen molar-refractivity contribution in [2.75, 3.05) is 33.3 Å². The summed E-state index contributed by atoms with van der Waals surface area (Å²) in [5.41, 5.74) is 0.857. The van der Waals surface area contributed by atoms with Gasteiger partial charge in [-0.2, -0.15) is 4.98 Å². The number of nitrogens with zero attached hydrogens (tertiary/aromatic N) is 4. The Balaban J connectivity index is 1.23. The van der Waals surface area contributed by atoms with Crippen LogP contribution < -0.4 is 4.74 Å². The van der Waals surface area contributed by atoms with Gasteiger partial charge in [-0.15, -0.1) is 11.3 Å². The molecule has 0 unspecified atom stereocenters. The summed E-state index contributed by atoms with van der Waals surface area (Å²) < 4.78 is 11.1. The van der Waals surface area contributed by atoms with Crippen LogP contribution in [0.3, 0.4) is 0 Å². The van der Waals surface area contributed by atoms with Crippen molar-refractivity contribution in [1.82, 2.24) is 19.9 Å². The lowest BCUT2D eigenvalue weighted by Crippen LogP contribution is -2.48. The quantitative estimate of drug-likeness (QED) is 0.459. The van der Waals surface area contributed by atoms with Crippen LogP contribution in [0, 0.1) is 0 Å². The number of carbonyl (C=O) groups excluding carboxylic acids is 2. The van der Waals surface area contributed by atoms with E-state index in [1.54, 1.807) is 19.2 Å². The second-order valence-electron chi connectivity index (χ2n) is 7.42. The molecule has 0 radical (unpaired) electrons. The van der Waals surface area contributed by atoms with E-state index in [1.807, 2.05) is 29.2 Å². The average molecular weight is 475 g/mol. The van der Waals surface area contributed by atoms with Gasteiger partial charge in [0.1, 0.15) is 5.75 Å². The number of ether oxygens (including phenoxy) is 1. The predicted molar refractivity (Wildman–Crippen MR) is 121 cm³/mol. The van der Waals surface area contributed by atoms with Gasteiger partial charge in [-0.1, -0.05) is 16.8 Å². The van der Waals surface area contributed by atoms with Crippen LogP contribution in [-0.4, -0.2) is 64.9 Å². The Morgan fingerprint density at radius 3 is 2.50 bits per heavy atom. The molecule has 168 valence electrons. The van der Waals surface area contributed by atoms with Crippen LogP contribution in [0.15, 0.2) is 40.9 Å². The molecule has 4 rings (SSSR count). The molecule has 0 bridgehead atoms. The Morgan fingerprint density at radius 1 is 1.09 bits per heavy atom. The molecule has 1 aliphatic heterocycles. The van der Waals surface area contributed by atoms with Gasteiger partial charge in [0.05, 0.1) is 22.9 Å². The Hall–Kier alpha value is -2.75. The zero-order valence-corrected chi connectivity index (χ0v) is 19.2. The number of methoxy groups -OCH3 is 1. The summed E-state index contributed by atoms with van der Waals surface area (Å²) in [4.78, 5) is 33.7. The van der Waals surface area contributed by atoms with Crippen molar-refractivity contribution in [3.63, 3.8) is 0 Å². The summed E-state index contributed by atoms with van der Waals surface area (Å²) >= 11 is 7.12. The number of rotatable bonds is 8. The molecule has 1 aromatic carbocycles. The van der Waals surface area contributed by atoms with Crippen LogP contribution in [-0.2, 0) is 11.3 Å². The summed E-state index contributed by atoms with van der Waals surface area (Å²) in [5, 5.41) is 4.06. The molecular weight excluding hydrogens is 452 g/mol. The number of carbonyl (C=O) groups is 2. The number of ketones is 1. The van der Waals surface area contributed by atoms with Crippen LogP contribution in [0.25, 0.3) is 11.4 Å². The number of amides is 1. The molecule has 0 N–H and O–H groups in total. The molecule has 0 spiro atoms. The van der Waals surface area contributed by atoms with Crippen molar-refractivity contribution in [3.05, 3.63) is 51.5 Å². The van der Waals surface area contributed by atoms with Gasteiger partial charge in [-0.05, 0) is 36.4 Å². The maximum atomic E-state index is 12.5. The Labute approximate surface area is 194 Å². The highest BCUT2D eigenvalue weighted by Crippen LogP contribution is 2.23. The number of hydrogen-bond donors (Lipinski definition) is 0. The first-order valence-electron chi connectivity index (χ1n) is 10.3. The van der Waals surface area contributed by atoms with E-state index in [2.05, 4.69) is 15.0 Å². The number of hydrogen-bond acceptors (Lipinski definition) is 8. The van der Waals surface area contributed by atoms with Gasteiger partial charge in [0.25, 0.3) is 0 Å². The molecule has 32 heavy (non-hydrogen) atoms. The number of benzene rings is 1. The van der Waals surface area contributed by atoms with Crippen molar-refractivity contribution in [2.24, 2.45) is 0 Å². The number of thiophene rings is 1. The van der Waals surface area contributed by atoms with E-state index < -0.39 is 0 Å². The molecular formula is C22H23ClN4O4S. The first-order chi connectivity index (χ1) is 15.5. The van der Waals surface area contributed by atoms with E-state index in [0.29, 0.717) is 53.7 Å². The van der Waals surface area contributed by atoms with Gasteiger partial charge >= 0.3 is 0 Å². The van der Waals surface area contributed by atoms with Gasteiger partial charge in [0.2, 0.25) is 17.6 Å². The second-order valence-corrected chi connectivity index (χ2v) is 9.14. The van der Waals surface area contributed by atoms with Crippen LogP contribution in [0.1, 0.15) is 28.4 Å². The minimum atomic E-state index is -0.0436. The molecule has 1 amide bonds. The number of Topliss-reactive ketones (excluding diaryl/α,β-unsaturated/α-hetero) is 1. The van der Waals surface area contributed by atoms with Crippen LogP contribution in [0.4, 0.5) is 0 Å². The Morgan fingerprint density at radius 2 is 1.84 bits per heavy atom. The van der Waals surface area contributed by atoms with Gasteiger partial charge in [-0.25, -0.2) is 0 Å². The minimum absolute atomic E-state index is 0.000218. The largest absolute Gasteiger partial charge is 0.497 e. The average Bonchev–Trinajstić information content (AvgIpc) is 3.47. The van der Waals surface area contributed by atoms with Gasteiger partial charge in [0.15, 0.2) is 5.78 Å². The molecule has 0 aliphatic carbocycles. The molecule has 10 heteroatoms. The van der Waals surface area contributed by atoms with Gasteiger partial charge in [-0.3, -0.25) is 14.5 Å². The topological polar surface area (TPSA) is 88.8 Å². The van der Waals surface area contributed by atoms with Crippen LogP contribution in [0.2, 0.25) is 4.34 Å². The van der Waals surface area contributed by atoms with E-state index in [-0.39, 0.29) is 24.5 Å². The molecule has 1 saturated heterocycles. The lowest BCUT2D eigenvalue weighted by atomic mass is 10.1. The third kappa shape index (κ3) is 5.53. The second kappa shape index (κ2) is 10.2. The highest BCUT2D eigenvalue weighted by Gasteiger charge is 2.23. The van der Waals surface area contributed by atoms with Crippen molar-refractivity contribution < 1.29 is 18.8 Å². The lowest BCUT2D eigenvalue weighted by molar-refractivity contribution is -0.133. The zero-order chi connectivity index (χ0) is 22.5. The van der Waals surface area contributed by atoms with Crippen molar-refractivity contribution >= 4 is 34.6 Å². The molecule has 8 nitrogen and oxygen atoms in total. The van der Waals surface area contributed by atoms with Crippen molar-refractivity contribution in [2.45, 2.75) is 19.4 Å². The first kappa shape index (κ1) is 22.4. The SMILES string of the molecule is COc1ccc(-c2noc(CN3CCN(C(=O)CCC(=O)c4ccc(Cl)s4)CC3)n2)cc1. The fourth-order valence-electron chi connectivity index (χ4n) is 3.49. The normalized spacial score (nSPS) is 14.5. The van der Waals surface area contributed by atoms with Crippen LogP contribution in [0.5, 0.6) is 5.75 Å². The van der Waals surface area contributed by atoms with Crippen molar-refractivity contribution in [1.29, 1.82) is 0 Å². The van der Waals surface area contributed by atoms with Gasteiger partial charge in [0, 0.05) is 44.6 Å². The first-order valence-corrected chi connectivity index (χ1v) is 11.5. The van der Waals surface area contributed by atoms with E-state index in [4.69, 9.17) is 20.9 Å². The molecule has 0 saturated carbocycles. The summed E-state index contributed by atoms with van der Waals surface area (Å²) in [6.07, 6.45) is 0.412. The zero-order valence-electron chi connectivity index (χ0n) is 17.6. The summed E-state index contributed by atoms with van der Waals surface area (Å²) in [5.74, 6) is 1.80. The summed E-state index contributed by atoms with van der Waals surface area (Å²) in [6, 6.07) is 10.9. The highest BCUT2D eigenvalue weighted by molar-refractivity contribution is 7.18. The monoisotopic (exact) mass is 474 g/mol. The molecule has 0 atom stereocenters. The fraction of sp³-hybridized carbons (Fsp3) is 0.364. The highest BCUT2D eigenvalue weighted by atomic mass is 35.5. The molecule has 1 aliphatic rings. The third-order valence-corrected chi connectivity index (χ3v) is 6.59.